The molecule has 0 bridgehead atoms. The summed E-state index contributed by atoms with van der Waals surface area (Å²) < 4.78 is 9.87. The van der Waals surface area contributed by atoms with Crippen molar-refractivity contribution in [2.24, 2.45) is 5.73 Å². The van der Waals surface area contributed by atoms with Crippen molar-refractivity contribution in [3.63, 3.8) is 0 Å². The minimum Gasteiger partial charge on any atom is -0.507 e. The molecule has 0 aromatic heterocycles. The molecule has 38 heavy (non-hydrogen) atoms. The van der Waals surface area contributed by atoms with Gasteiger partial charge in [0.2, 0.25) is 17.7 Å². The largest absolute Gasteiger partial charge is 0.507 e. The summed E-state index contributed by atoms with van der Waals surface area (Å²) in [6, 6.07) is 2.13. The maximum absolute atomic E-state index is 13.9. The van der Waals surface area contributed by atoms with Crippen molar-refractivity contribution in [1.82, 2.24) is 15.5 Å². The van der Waals surface area contributed by atoms with Crippen LogP contribution in [0.25, 0.3) is 0 Å². The Morgan fingerprint density at radius 3 is 2.37 bits per heavy atom. The number of rotatable bonds is 13. The van der Waals surface area contributed by atoms with Crippen LogP contribution in [0.5, 0.6) is 5.75 Å². The second kappa shape index (κ2) is 14.8. The highest BCUT2D eigenvalue weighted by atomic mass is 16.6. The minimum atomic E-state index is -1.37. The summed E-state index contributed by atoms with van der Waals surface area (Å²) in [6.07, 6.45) is -0.116. The summed E-state index contributed by atoms with van der Waals surface area (Å²) in [7, 11) is 1.17. The number of hydrogen-bond acceptors (Lipinski definition) is 8. The molecule has 5 N–H and O–H groups in total. The normalized spacial score (nSPS) is 12.6. The molecular formula is C26H40N4O8. The molecule has 2 unspecified atom stereocenters. The summed E-state index contributed by atoms with van der Waals surface area (Å²) in [5.41, 5.74) is 5.04. The third kappa shape index (κ3) is 10.3. The quantitative estimate of drug-likeness (QED) is 0.276. The van der Waals surface area contributed by atoms with Crippen LogP contribution in [0.1, 0.15) is 70.5 Å². The molecule has 0 saturated heterocycles. The molecular weight excluding hydrogens is 496 g/mol. The first-order valence-electron chi connectivity index (χ1n) is 12.4. The number of benzene rings is 1. The molecule has 0 aliphatic rings. The number of carbonyl (C=O) groups is 5. The van der Waals surface area contributed by atoms with Crippen molar-refractivity contribution in [2.75, 3.05) is 20.2 Å². The number of phenols is 1. The lowest BCUT2D eigenvalue weighted by molar-refractivity contribution is -0.145. The molecule has 0 aliphatic carbocycles. The molecule has 1 aromatic rings. The Balaban J connectivity index is 3.56. The predicted molar refractivity (Wildman–Crippen MR) is 139 cm³/mol. The number of esters is 1. The number of nitrogens with one attached hydrogen (secondary N) is 2. The molecule has 0 radical (unpaired) electrons. The molecule has 0 heterocycles. The number of carbonyl (C=O) groups excluding carboxylic acids is 5. The number of phenolic OH excluding ortho intramolecular Hbond substituents is 1. The van der Waals surface area contributed by atoms with Crippen LogP contribution < -0.4 is 16.4 Å². The van der Waals surface area contributed by atoms with E-state index in [2.05, 4.69) is 15.4 Å². The third-order valence-corrected chi connectivity index (χ3v) is 5.46. The Morgan fingerprint density at radius 1 is 1.16 bits per heavy atom. The summed E-state index contributed by atoms with van der Waals surface area (Å²) in [4.78, 5) is 64.3. The lowest BCUT2D eigenvalue weighted by Crippen LogP contribution is -2.53. The van der Waals surface area contributed by atoms with E-state index < -0.39 is 54.0 Å². The van der Waals surface area contributed by atoms with Crippen molar-refractivity contribution in [1.29, 1.82) is 0 Å². The average Bonchev–Trinajstić information content (AvgIpc) is 2.83. The van der Waals surface area contributed by atoms with Crippen LogP contribution in [0, 0.1) is 6.92 Å². The maximum atomic E-state index is 13.9. The predicted octanol–water partition coefficient (Wildman–Crippen LogP) is 1.82. The number of alkyl carbamates (subject to hydrolysis) is 1. The van der Waals surface area contributed by atoms with Crippen LogP contribution in [-0.2, 0) is 28.7 Å². The number of hydrogen-bond donors (Lipinski definition) is 4. The molecule has 12 nitrogen and oxygen atoms in total. The first-order valence-corrected chi connectivity index (χ1v) is 12.4. The van der Waals surface area contributed by atoms with E-state index >= 15 is 0 Å². The molecule has 0 saturated carbocycles. The lowest BCUT2D eigenvalue weighted by Gasteiger charge is -2.34. The van der Waals surface area contributed by atoms with Crippen molar-refractivity contribution >= 4 is 29.8 Å². The van der Waals surface area contributed by atoms with Gasteiger partial charge in [0.05, 0.1) is 7.11 Å². The fourth-order valence-electron chi connectivity index (χ4n) is 3.57. The number of nitrogens with two attached hydrogens (primary N) is 1. The molecule has 0 fully saturated rings. The third-order valence-electron chi connectivity index (χ3n) is 5.46. The van der Waals surface area contributed by atoms with Crippen molar-refractivity contribution in [3.05, 3.63) is 29.3 Å². The van der Waals surface area contributed by atoms with E-state index in [1.807, 2.05) is 6.92 Å². The zero-order valence-corrected chi connectivity index (χ0v) is 23.0. The summed E-state index contributed by atoms with van der Waals surface area (Å²) in [6.45, 7) is 8.11. The summed E-state index contributed by atoms with van der Waals surface area (Å²) >= 11 is 0. The second-order valence-corrected chi connectivity index (χ2v) is 9.80. The highest BCUT2D eigenvalue weighted by molar-refractivity contribution is 5.94. The average molecular weight is 537 g/mol. The van der Waals surface area contributed by atoms with E-state index in [1.165, 1.54) is 18.1 Å². The number of ether oxygens (including phenoxy) is 2. The Bertz CT molecular complexity index is 1010. The van der Waals surface area contributed by atoms with Gasteiger partial charge in [-0.05, 0) is 46.1 Å². The van der Waals surface area contributed by atoms with Gasteiger partial charge in [0.1, 0.15) is 30.0 Å². The van der Waals surface area contributed by atoms with Gasteiger partial charge in [-0.15, -0.1) is 0 Å². The second-order valence-electron chi connectivity index (χ2n) is 9.80. The molecule has 0 aliphatic heterocycles. The van der Waals surface area contributed by atoms with Gasteiger partial charge in [0.25, 0.3) is 0 Å². The Kier molecular flexibility index (Phi) is 12.5. The van der Waals surface area contributed by atoms with Crippen LogP contribution in [0.4, 0.5) is 4.79 Å². The van der Waals surface area contributed by atoms with Gasteiger partial charge in [-0.2, -0.15) is 0 Å². The Morgan fingerprint density at radius 2 is 1.82 bits per heavy atom. The van der Waals surface area contributed by atoms with Gasteiger partial charge < -0.3 is 35.8 Å². The van der Waals surface area contributed by atoms with Gasteiger partial charge in [-0.1, -0.05) is 31.5 Å². The van der Waals surface area contributed by atoms with Crippen LogP contribution in [0.2, 0.25) is 0 Å². The first-order chi connectivity index (χ1) is 17.7. The highest BCUT2D eigenvalue weighted by Gasteiger charge is 2.37. The standard InChI is InChI=1S/C26H40N4O8/c1-7-8-14-30(24(35)18(12-13-19(27)31)29-25(36)38-26(3,4)5)21(23(34)28-15-20(32)37-6)17-11-9-10-16(2)22(17)33/h9-11,18,21,33H,7-8,12-15H2,1-6H3,(H2,27,31)(H,28,34)(H,29,36). The molecule has 12 heteroatoms. The zero-order valence-electron chi connectivity index (χ0n) is 23.0. The first kappa shape index (κ1) is 32.2. The number of aryl methyl sites for hydroxylation is 1. The smallest absolute Gasteiger partial charge is 0.408 e. The van der Waals surface area contributed by atoms with Crippen LogP contribution in [0.3, 0.4) is 0 Å². The monoisotopic (exact) mass is 536 g/mol. The number of unbranched alkanes of at least 4 members (excludes halogenated alkanes) is 1. The van der Waals surface area contributed by atoms with E-state index in [0.29, 0.717) is 18.4 Å². The molecule has 0 spiro atoms. The fraction of sp³-hybridized carbons (Fsp3) is 0.577. The maximum Gasteiger partial charge on any atom is 0.408 e. The number of primary amides is 1. The van der Waals surface area contributed by atoms with Gasteiger partial charge in [0.15, 0.2) is 0 Å². The van der Waals surface area contributed by atoms with Gasteiger partial charge in [0, 0.05) is 18.5 Å². The van der Waals surface area contributed by atoms with Crippen molar-refractivity contribution in [3.8, 4) is 5.75 Å². The number of aromatic hydroxyl groups is 1. The molecule has 1 aromatic carbocycles. The van der Waals surface area contributed by atoms with E-state index in [9.17, 15) is 29.1 Å². The van der Waals surface area contributed by atoms with Gasteiger partial charge >= 0.3 is 12.1 Å². The minimum absolute atomic E-state index is 0.0715. The molecule has 4 amide bonds. The van der Waals surface area contributed by atoms with E-state index in [0.717, 1.165) is 0 Å². The van der Waals surface area contributed by atoms with E-state index in [-0.39, 0.29) is 30.7 Å². The number of nitrogens with zero attached hydrogens (tertiary/aromatic N) is 1. The molecule has 212 valence electrons. The highest BCUT2D eigenvalue weighted by Crippen LogP contribution is 2.32. The van der Waals surface area contributed by atoms with E-state index in [4.69, 9.17) is 10.5 Å². The Labute approximate surface area is 223 Å². The fourth-order valence-corrected chi connectivity index (χ4v) is 3.57. The topological polar surface area (TPSA) is 177 Å². The van der Waals surface area contributed by atoms with Crippen molar-refractivity contribution in [2.45, 2.75) is 78.0 Å². The zero-order chi connectivity index (χ0) is 29.0. The van der Waals surface area contributed by atoms with E-state index in [1.54, 1.807) is 39.8 Å². The number of para-hydroxylation sites is 1. The van der Waals surface area contributed by atoms with Crippen LogP contribution in [-0.4, -0.2) is 71.6 Å². The van der Waals surface area contributed by atoms with Crippen LogP contribution >= 0.6 is 0 Å². The SMILES string of the molecule is CCCCN(C(=O)C(CCC(N)=O)NC(=O)OC(C)(C)C)C(C(=O)NCC(=O)OC)c1cccc(C)c1O. The molecule has 1 rings (SSSR count). The summed E-state index contributed by atoms with van der Waals surface area (Å²) in [5.74, 6) is -3.02. The van der Waals surface area contributed by atoms with Gasteiger partial charge in [-0.3, -0.25) is 19.2 Å². The Hall–Kier alpha value is -3.83. The van der Waals surface area contributed by atoms with Gasteiger partial charge in [-0.25, -0.2) is 4.79 Å². The molecule has 2 atom stereocenters. The summed E-state index contributed by atoms with van der Waals surface area (Å²) in [5, 5.41) is 15.8. The van der Waals surface area contributed by atoms with Crippen LogP contribution in [0.15, 0.2) is 18.2 Å². The lowest BCUT2D eigenvalue weighted by atomic mass is 9.98. The van der Waals surface area contributed by atoms with Crippen molar-refractivity contribution < 1.29 is 38.6 Å². The number of amides is 4. The number of methoxy groups -OCH3 is 1.